The van der Waals surface area contributed by atoms with E-state index in [9.17, 15) is 0 Å². The quantitative estimate of drug-likeness (QED) is 0.433. The zero-order chi connectivity index (χ0) is 20.1. The molecule has 5 heteroatoms. The van der Waals surface area contributed by atoms with Crippen molar-refractivity contribution in [2.75, 3.05) is 23.3 Å². The molecule has 0 aliphatic carbocycles. The van der Waals surface area contributed by atoms with Crippen molar-refractivity contribution in [1.82, 2.24) is 9.97 Å². The topological polar surface area (TPSA) is 41.1 Å². The van der Waals surface area contributed by atoms with E-state index in [4.69, 9.17) is 4.98 Å². The fourth-order valence-electron chi connectivity index (χ4n) is 3.61. The van der Waals surface area contributed by atoms with Gasteiger partial charge >= 0.3 is 0 Å². The molecule has 0 saturated carbocycles. The third-order valence-electron chi connectivity index (χ3n) is 5.06. The number of benzene rings is 1. The summed E-state index contributed by atoms with van der Waals surface area (Å²) < 4.78 is 1.27. The lowest BCUT2D eigenvalue weighted by molar-refractivity contribution is 0.680. The van der Waals surface area contributed by atoms with E-state index in [0.717, 1.165) is 40.8 Å². The third-order valence-corrected chi connectivity index (χ3v) is 6.06. The van der Waals surface area contributed by atoms with Gasteiger partial charge in [0.05, 0.1) is 27.3 Å². The van der Waals surface area contributed by atoms with Crippen LogP contribution in [-0.4, -0.2) is 23.1 Å². The zero-order valence-corrected chi connectivity index (χ0v) is 18.6. The van der Waals surface area contributed by atoms with Gasteiger partial charge in [0, 0.05) is 18.8 Å². The molecule has 4 nitrogen and oxygen atoms in total. The molecule has 150 valence electrons. The predicted octanol–water partition coefficient (Wildman–Crippen LogP) is 6.77. The molecule has 2 heterocycles. The molecule has 0 aliphatic rings. The molecule has 0 fully saturated rings. The molecule has 0 saturated heterocycles. The molecule has 2 aromatic heterocycles. The van der Waals surface area contributed by atoms with Gasteiger partial charge in [0.25, 0.3) is 0 Å². The van der Waals surface area contributed by atoms with Gasteiger partial charge in [-0.25, -0.2) is 4.98 Å². The minimum absolute atomic E-state index is 0.935. The molecule has 0 atom stereocenters. The van der Waals surface area contributed by atoms with Gasteiger partial charge in [-0.3, -0.25) is 4.98 Å². The fraction of sp³-hybridized carbons (Fsp3) is 0.478. The van der Waals surface area contributed by atoms with Gasteiger partial charge in [0.2, 0.25) is 0 Å². The van der Waals surface area contributed by atoms with Crippen molar-refractivity contribution in [3.63, 3.8) is 0 Å². The third kappa shape index (κ3) is 4.64. The van der Waals surface area contributed by atoms with E-state index in [1.807, 2.05) is 6.92 Å². The van der Waals surface area contributed by atoms with E-state index in [-0.39, 0.29) is 0 Å². The van der Waals surface area contributed by atoms with Crippen molar-refractivity contribution < 1.29 is 0 Å². The minimum Gasteiger partial charge on any atom is -0.370 e. The number of aromatic nitrogens is 2. The molecule has 0 aliphatic heterocycles. The van der Waals surface area contributed by atoms with E-state index >= 15 is 0 Å². The van der Waals surface area contributed by atoms with Crippen LogP contribution in [0.25, 0.3) is 10.2 Å². The number of hydrogen-bond acceptors (Lipinski definition) is 5. The fourth-order valence-corrected chi connectivity index (χ4v) is 4.62. The second kappa shape index (κ2) is 9.37. The Morgan fingerprint density at radius 2 is 1.71 bits per heavy atom. The Morgan fingerprint density at radius 1 is 1.00 bits per heavy atom. The summed E-state index contributed by atoms with van der Waals surface area (Å²) in [4.78, 5) is 12.0. The van der Waals surface area contributed by atoms with Crippen LogP contribution in [0, 0.1) is 20.8 Å². The maximum atomic E-state index is 4.87. The van der Waals surface area contributed by atoms with Crippen LogP contribution < -0.4 is 10.2 Å². The summed E-state index contributed by atoms with van der Waals surface area (Å²) >= 11 is 1.74. The average molecular weight is 397 g/mol. The molecule has 0 spiro atoms. The first-order valence-electron chi connectivity index (χ1n) is 10.4. The van der Waals surface area contributed by atoms with Crippen molar-refractivity contribution in [3.8, 4) is 0 Å². The predicted molar refractivity (Wildman–Crippen MR) is 123 cm³/mol. The van der Waals surface area contributed by atoms with Gasteiger partial charge in [0.1, 0.15) is 0 Å². The number of anilines is 3. The Hall–Kier alpha value is -2.14. The Balaban J connectivity index is 1.94. The molecule has 3 rings (SSSR count). The highest BCUT2D eigenvalue weighted by atomic mass is 32.1. The molecular formula is C23H32N4S. The summed E-state index contributed by atoms with van der Waals surface area (Å²) in [6.45, 7) is 12.9. The highest BCUT2D eigenvalue weighted by Gasteiger charge is 2.15. The molecule has 0 bridgehead atoms. The lowest BCUT2D eigenvalue weighted by Crippen LogP contribution is -2.25. The van der Waals surface area contributed by atoms with Gasteiger partial charge in [-0.15, -0.1) is 0 Å². The second-order valence-electron chi connectivity index (χ2n) is 7.50. The van der Waals surface area contributed by atoms with Crippen LogP contribution in [0.15, 0.2) is 24.3 Å². The summed E-state index contributed by atoms with van der Waals surface area (Å²) in [5.41, 5.74) is 6.73. The Bertz CT molecular complexity index is 900. The van der Waals surface area contributed by atoms with Crippen molar-refractivity contribution in [2.24, 2.45) is 0 Å². The van der Waals surface area contributed by atoms with Crippen molar-refractivity contribution in [2.45, 2.75) is 60.3 Å². The van der Waals surface area contributed by atoms with E-state index in [1.54, 1.807) is 11.3 Å². The molecule has 28 heavy (non-hydrogen) atoms. The lowest BCUT2D eigenvalue weighted by Gasteiger charge is -2.25. The Labute approximate surface area is 173 Å². The Kier molecular flexibility index (Phi) is 6.89. The van der Waals surface area contributed by atoms with Gasteiger partial charge in [0.15, 0.2) is 5.13 Å². The highest BCUT2D eigenvalue weighted by molar-refractivity contribution is 7.22. The van der Waals surface area contributed by atoms with Gasteiger partial charge in [-0.05, 0) is 57.4 Å². The van der Waals surface area contributed by atoms with E-state index in [2.05, 4.69) is 67.2 Å². The van der Waals surface area contributed by atoms with Gasteiger partial charge < -0.3 is 10.2 Å². The monoisotopic (exact) mass is 396 g/mol. The molecule has 0 radical (unpaired) electrons. The number of nitrogens with zero attached hydrogens (tertiary/aromatic N) is 3. The standard InChI is InChI=1S/C23H32N4S/c1-6-8-13-27(14-9-7-2)20-12-10-11-19-22(20)28-23(25-19)26-21-16(3)15-17(4)24-18(21)5/h10-12,15H,6-9,13-14H2,1-5H3,(H,25,26). The first-order valence-corrected chi connectivity index (χ1v) is 11.2. The van der Waals surface area contributed by atoms with Crippen LogP contribution in [0.1, 0.15) is 56.5 Å². The van der Waals surface area contributed by atoms with Crippen molar-refractivity contribution in [3.05, 3.63) is 41.2 Å². The smallest absolute Gasteiger partial charge is 0.188 e. The van der Waals surface area contributed by atoms with Crippen LogP contribution >= 0.6 is 11.3 Å². The van der Waals surface area contributed by atoms with Crippen LogP contribution in [0.4, 0.5) is 16.5 Å². The number of thiazole rings is 1. The number of pyridine rings is 1. The summed E-state index contributed by atoms with van der Waals surface area (Å²) in [7, 11) is 0. The summed E-state index contributed by atoms with van der Waals surface area (Å²) in [6.07, 6.45) is 4.87. The molecule has 0 amide bonds. The number of fused-ring (bicyclic) bond motifs is 1. The second-order valence-corrected chi connectivity index (χ2v) is 8.50. The van der Waals surface area contributed by atoms with Crippen molar-refractivity contribution in [1.29, 1.82) is 0 Å². The van der Waals surface area contributed by atoms with Gasteiger partial charge in [-0.2, -0.15) is 0 Å². The number of nitrogens with one attached hydrogen (secondary N) is 1. The van der Waals surface area contributed by atoms with Crippen LogP contribution in [0.2, 0.25) is 0 Å². The number of aryl methyl sites for hydroxylation is 3. The van der Waals surface area contributed by atoms with E-state index in [1.165, 1.54) is 41.6 Å². The van der Waals surface area contributed by atoms with Crippen LogP contribution in [0.5, 0.6) is 0 Å². The summed E-state index contributed by atoms with van der Waals surface area (Å²) in [6, 6.07) is 8.62. The normalized spacial score (nSPS) is 11.2. The Morgan fingerprint density at radius 3 is 2.36 bits per heavy atom. The molecule has 1 N–H and O–H groups in total. The zero-order valence-electron chi connectivity index (χ0n) is 17.8. The lowest BCUT2D eigenvalue weighted by atomic mass is 10.2. The highest BCUT2D eigenvalue weighted by Crippen LogP contribution is 2.36. The average Bonchev–Trinajstić information content (AvgIpc) is 3.08. The molecule has 3 aromatic rings. The molecular weight excluding hydrogens is 364 g/mol. The van der Waals surface area contributed by atoms with E-state index < -0.39 is 0 Å². The van der Waals surface area contributed by atoms with Crippen LogP contribution in [0.3, 0.4) is 0 Å². The summed E-state index contributed by atoms with van der Waals surface area (Å²) in [5, 5.41) is 4.47. The van der Waals surface area contributed by atoms with E-state index in [0.29, 0.717) is 0 Å². The molecule has 1 aromatic carbocycles. The maximum absolute atomic E-state index is 4.87. The van der Waals surface area contributed by atoms with Crippen LogP contribution in [-0.2, 0) is 0 Å². The number of rotatable bonds is 9. The minimum atomic E-state index is 0.935. The first-order chi connectivity index (χ1) is 13.5. The number of unbranched alkanes of at least 4 members (excludes halogenated alkanes) is 2. The largest absolute Gasteiger partial charge is 0.370 e. The van der Waals surface area contributed by atoms with Crippen molar-refractivity contribution >= 4 is 38.1 Å². The number of hydrogen-bond donors (Lipinski definition) is 1. The maximum Gasteiger partial charge on any atom is 0.188 e. The first kappa shape index (κ1) is 20.6. The SMILES string of the molecule is CCCCN(CCCC)c1cccc2nc(Nc3c(C)cc(C)nc3C)sc12. The van der Waals surface area contributed by atoms with Gasteiger partial charge in [-0.1, -0.05) is 44.1 Å². The summed E-state index contributed by atoms with van der Waals surface area (Å²) in [5.74, 6) is 0. The molecule has 0 unspecified atom stereocenters.